The highest BCUT2D eigenvalue weighted by Gasteiger charge is 2.35. The lowest BCUT2D eigenvalue weighted by Gasteiger charge is -2.32. The van der Waals surface area contributed by atoms with Gasteiger partial charge in [0.2, 0.25) is 17.7 Å². The topological polar surface area (TPSA) is 199 Å². The third-order valence-electron chi connectivity index (χ3n) is 8.35. The number of likely N-dealkylation sites (N-methyl/N-ethyl adjacent to an activating group) is 2. The third-order valence-corrected chi connectivity index (χ3v) is 9.02. The van der Waals surface area contributed by atoms with Crippen molar-refractivity contribution in [1.82, 2.24) is 35.7 Å². The fourth-order valence-corrected chi connectivity index (χ4v) is 6.17. The number of aromatic nitrogens is 2. The highest BCUT2D eigenvalue weighted by molar-refractivity contribution is 14.1. The molecule has 16 nitrogen and oxygen atoms in total. The molecule has 0 spiro atoms. The Bertz CT molecular complexity index is 2040. The van der Waals surface area contributed by atoms with Crippen LogP contribution >= 0.6 is 22.6 Å². The normalized spacial score (nSPS) is 13.2. The minimum Gasteiger partial charge on any atom is -0.491 e. The van der Waals surface area contributed by atoms with Crippen molar-refractivity contribution < 1.29 is 38.2 Å². The average molecular weight is 918 g/mol. The van der Waals surface area contributed by atoms with Crippen LogP contribution in [0.25, 0.3) is 17.0 Å². The van der Waals surface area contributed by atoms with Gasteiger partial charge >= 0.3 is 12.2 Å². The highest BCUT2D eigenvalue weighted by Crippen LogP contribution is 2.30. The second kappa shape index (κ2) is 21.0. The lowest BCUT2D eigenvalue weighted by atomic mass is 9.99. The van der Waals surface area contributed by atoms with Gasteiger partial charge in [-0.05, 0) is 120 Å². The van der Waals surface area contributed by atoms with Crippen LogP contribution in [0.4, 0.5) is 9.59 Å². The molecule has 3 rings (SSSR count). The molecular weight excluding hydrogens is 861 g/mol. The van der Waals surface area contributed by atoms with Crippen molar-refractivity contribution in [3.8, 4) is 5.75 Å². The van der Waals surface area contributed by atoms with Gasteiger partial charge in [0, 0.05) is 29.8 Å². The standard InChI is InChI=1S/C41H56IN7O9/c1-11-12-13-26-22-27(14-17-32(26)56-21-20-45-39(55)58-41(6,7)8)33(35(51)47-25(2)34(50)43-9)48(10)37(53)31(18-19-44-38(54)57-40(3,4)5)49-24-46-30-23-28(42)15-16-29(30)36(49)52/h12-17,22-25,31,33H,11,18-21H2,1-10H3,(H,43,50)(H,44,54)(H,45,55)(H,47,51)/b13-12+/t25-,31-,33-/m0/s1. The molecule has 0 radical (unpaired) electrons. The lowest BCUT2D eigenvalue weighted by molar-refractivity contribution is -0.142. The van der Waals surface area contributed by atoms with Crippen molar-refractivity contribution in [3.63, 3.8) is 0 Å². The number of ether oxygens (including phenoxy) is 3. The molecule has 1 heterocycles. The van der Waals surface area contributed by atoms with E-state index in [0.717, 1.165) is 3.57 Å². The molecule has 0 saturated heterocycles. The summed E-state index contributed by atoms with van der Waals surface area (Å²) in [6.45, 7) is 14.1. The van der Waals surface area contributed by atoms with Crippen molar-refractivity contribution in [2.24, 2.45) is 0 Å². The van der Waals surface area contributed by atoms with Crippen LogP contribution < -0.4 is 31.6 Å². The van der Waals surface area contributed by atoms with E-state index in [1.807, 2.05) is 19.1 Å². The molecule has 316 valence electrons. The maximum atomic E-state index is 14.8. The van der Waals surface area contributed by atoms with Crippen LogP contribution in [-0.4, -0.2) is 95.4 Å². The zero-order valence-corrected chi connectivity index (χ0v) is 37.0. The molecule has 58 heavy (non-hydrogen) atoms. The van der Waals surface area contributed by atoms with Crippen LogP contribution in [0.15, 0.2) is 53.6 Å². The summed E-state index contributed by atoms with van der Waals surface area (Å²) in [4.78, 5) is 85.9. The predicted octanol–water partition coefficient (Wildman–Crippen LogP) is 5.23. The molecule has 1 aromatic heterocycles. The first-order valence-corrected chi connectivity index (χ1v) is 20.1. The number of halogens is 1. The van der Waals surface area contributed by atoms with Crippen molar-refractivity contribution in [3.05, 3.63) is 73.9 Å². The number of hydrogen-bond acceptors (Lipinski definition) is 10. The van der Waals surface area contributed by atoms with Crippen molar-refractivity contribution in [2.45, 2.75) is 97.6 Å². The summed E-state index contributed by atoms with van der Waals surface area (Å²) >= 11 is 2.12. The smallest absolute Gasteiger partial charge is 0.407 e. The number of carbonyl (C=O) groups is 5. The van der Waals surface area contributed by atoms with Gasteiger partial charge in [0.05, 0.1) is 23.8 Å². The Hall–Kier alpha value is -5.20. The van der Waals surface area contributed by atoms with Gasteiger partial charge in [-0.25, -0.2) is 14.6 Å². The van der Waals surface area contributed by atoms with E-state index in [4.69, 9.17) is 14.2 Å². The molecule has 3 aromatic rings. The fraction of sp³-hybridized carbons (Fsp3) is 0.488. The van der Waals surface area contributed by atoms with Gasteiger partial charge in [-0.15, -0.1) is 0 Å². The number of amides is 5. The monoisotopic (exact) mass is 917 g/mol. The van der Waals surface area contributed by atoms with Gasteiger partial charge in [-0.3, -0.25) is 23.7 Å². The summed E-state index contributed by atoms with van der Waals surface area (Å²) in [5, 5.41) is 10.8. The maximum absolute atomic E-state index is 14.8. The molecule has 0 aliphatic heterocycles. The molecular formula is C41H56IN7O9. The van der Waals surface area contributed by atoms with E-state index in [9.17, 15) is 28.8 Å². The van der Waals surface area contributed by atoms with E-state index >= 15 is 0 Å². The first-order valence-electron chi connectivity index (χ1n) is 19.0. The Morgan fingerprint density at radius 3 is 2.17 bits per heavy atom. The van der Waals surface area contributed by atoms with Crippen LogP contribution in [-0.2, 0) is 23.9 Å². The first kappa shape index (κ1) is 47.2. The summed E-state index contributed by atoms with van der Waals surface area (Å²) in [6, 6.07) is 6.59. The molecule has 4 N–H and O–H groups in total. The molecule has 17 heteroatoms. The molecule has 0 aliphatic rings. The molecule has 2 aromatic carbocycles. The second-order valence-corrected chi connectivity index (χ2v) is 16.7. The van der Waals surface area contributed by atoms with Crippen molar-refractivity contribution in [1.29, 1.82) is 0 Å². The molecule has 0 fully saturated rings. The minimum atomic E-state index is -1.32. The number of allylic oxidation sites excluding steroid dienone is 1. The maximum Gasteiger partial charge on any atom is 0.407 e. The summed E-state index contributed by atoms with van der Waals surface area (Å²) in [5.41, 5.74) is -0.531. The van der Waals surface area contributed by atoms with Crippen LogP contribution in [0.3, 0.4) is 0 Å². The number of hydrogen-bond donors (Lipinski definition) is 4. The van der Waals surface area contributed by atoms with Gasteiger partial charge in [-0.2, -0.15) is 0 Å². The largest absolute Gasteiger partial charge is 0.491 e. The quantitative estimate of drug-likeness (QED) is 0.109. The van der Waals surface area contributed by atoms with Gasteiger partial charge < -0.3 is 40.4 Å². The Morgan fingerprint density at radius 2 is 1.57 bits per heavy atom. The van der Waals surface area contributed by atoms with Gasteiger partial charge in [0.1, 0.15) is 41.7 Å². The zero-order valence-electron chi connectivity index (χ0n) is 34.9. The fourth-order valence-electron chi connectivity index (χ4n) is 5.70. The Balaban J connectivity index is 2.08. The number of fused-ring (bicyclic) bond motifs is 1. The number of benzene rings is 2. The van der Waals surface area contributed by atoms with Gasteiger partial charge in [-0.1, -0.05) is 25.1 Å². The molecule has 0 bridgehead atoms. The van der Waals surface area contributed by atoms with Crippen molar-refractivity contribution in [2.75, 3.05) is 33.8 Å². The highest BCUT2D eigenvalue weighted by atomic mass is 127. The average Bonchev–Trinajstić information content (AvgIpc) is 3.13. The minimum absolute atomic E-state index is 0.0678. The van der Waals surface area contributed by atoms with Gasteiger partial charge in [0.15, 0.2) is 0 Å². The molecule has 3 atom stereocenters. The van der Waals surface area contributed by atoms with Crippen LogP contribution in [0.1, 0.15) is 91.4 Å². The number of nitrogens with one attached hydrogen (secondary N) is 4. The SMILES string of the molecule is CC/C=C/c1cc([C@@H](C(=O)N[C@@H](C)C(=O)NC)N(C)C(=O)[C@H](CCNC(=O)OC(C)(C)C)n2cnc3cc(I)ccc3c2=O)ccc1OCCNC(=O)OC(C)(C)C. The molecule has 5 amide bonds. The number of rotatable bonds is 16. The van der Waals surface area contributed by atoms with E-state index in [1.54, 1.807) is 77.9 Å². The van der Waals surface area contributed by atoms with Crippen LogP contribution in [0, 0.1) is 3.57 Å². The Morgan fingerprint density at radius 1 is 0.931 bits per heavy atom. The summed E-state index contributed by atoms with van der Waals surface area (Å²) < 4.78 is 18.8. The van der Waals surface area contributed by atoms with E-state index in [-0.39, 0.29) is 31.5 Å². The van der Waals surface area contributed by atoms with E-state index in [1.165, 1.54) is 36.8 Å². The van der Waals surface area contributed by atoms with Crippen molar-refractivity contribution >= 4 is 69.5 Å². The number of alkyl carbamates (subject to hydrolysis) is 2. The number of nitrogens with zero attached hydrogens (tertiary/aromatic N) is 3. The lowest BCUT2D eigenvalue weighted by Crippen LogP contribution is -2.50. The molecule has 0 unspecified atom stereocenters. The van der Waals surface area contributed by atoms with E-state index in [2.05, 4.69) is 48.8 Å². The first-order chi connectivity index (χ1) is 27.1. The van der Waals surface area contributed by atoms with E-state index < -0.39 is 64.8 Å². The summed E-state index contributed by atoms with van der Waals surface area (Å²) in [5.74, 6) is -1.32. The second-order valence-electron chi connectivity index (χ2n) is 15.4. The van der Waals surface area contributed by atoms with Gasteiger partial charge in [0.25, 0.3) is 5.56 Å². The van der Waals surface area contributed by atoms with Crippen LogP contribution in [0.2, 0.25) is 0 Å². The summed E-state index contributed by atoms with van der Waals surface area (Å²) in [7, 11) is 2.87. The molecule has 0 saturated carbocycles. The van der Waals surface area contributed by atoms with Crippen LogP contribution in [0.5, 0.6) is 5.75 Å². The Labute approximate surface area is 353 Å². The van der Waals surface area contributed by atoms with E-state index in [0.29, 0.717) is 28.8 Å². The number of carbonyl (C=O) groups excluding carboxylic acids is 5. The summed E-state index contributed by atoms with van der Waals surface area (Å²) in [6.07, 6.45) is 4.32. The zero-order chi connectivity index (χ0) is 43.4. The Kier molecular flexibility index (Phi) is 17.1. The molecule has 0 aliphatic carbocycles. The third kappa shape index (κ3) is 14.0. The predicted molar refractivity (Wildman–Crippen MR) is 229 cm³/mol.